The van der Waals surface area contributed by atoms with Gasteiger partial charge in [0.1, 0.15) is 23.2 Å². The third kappa shape index (κ3) is 4.36. The number of carbonyl (C=O) groups is 1. The van der Waals surface area contributed by atoms with Crippen molar-refractivity contribution in [1.82, 2.24) is 10.1 Å². The van der Waals surface area contributed by atoms with Crippen LogP contribution >= 0.6 is 11.3 Å². The first-order valence-electron chi connectivity index (χ1n) is 10.7. The molecule has 0 spiro atoms. The highest BCUT2D eigenvalue weighted by Gasteiger charge is 2.15. The molecule has 1 N–H and O–H groups in total. The van der Waals surface area contributed by atoms with E-state index >= 15 is 0 Å². The molecule has 33 heavy (non-hydrogen) atoms. The Morgan fingerprint density at radius 1 is 1.12 bits per heavy atom. The molecule has 7 heteroatoms. The van der Waals surface area contributed by atoms with E-state index < -0.39 is 0 Å². The van der Waals surface area contributed by atoms with Crippen molar-refractivity contribution in [3.63, 3.8) is 0 Å². The average molecular weight is 460 g/mol. The van der Waals surface area contributed by atoms with Gasteiger partial charge in [0.15, 0.2) is 0 Å². The summed E-state index contributed by atoms with van der Waals surface area (Å²) < 4.78 is 19.9. The fraction of sp³-hybridized carbons (Fsp3) is 0.192. The monoisotopic (exact) mass is 459 g/mol. The molecule has 0 unspecified atom stereocenters. The van der Waals surface area contributed by atoms with E-state index in [-0.39, 0.29) is 11.6 Å². The lowest BCUT2D eigenvalue weighted by Crippen LogP contribution is -2.06. The van der Waals surface area contributed by atoms with Crippen LogP contribution in [0, 0.1) is 19.7 Å². The number of fused-ring (bicyclic) bond motifs is 3. The molecule has 0 saturated heterocycles. The number of halogens is 1. The average Bonchev–Trinajstić information content (AvgIpc) is 3.41. The Morgan fingerprint density at radius 2 is 2.00 bits per heavy atom. The summed E-state index contributed by atoms with van der Waals surface area (Å²) in [6, 6.07) is 14.5. The Balaban J connectivity index is 1.40. The fourth-order valence-corrected chi connectivity index (χ4v) is 4.96. The maximum Gasteiger partial charge on any atom is 0.139 e. The Hall–Kier alpha value is -3.58. The van der Waals surface area contributed by atoms with Gasteiger partial charge >= 0.3 is 0 Å². The number of carbonyl (C=O) groups excluding carboxylic acids is 1. The number of thiophene rings is 1. The van der Waals surface area contributed by atoms with Gasteiger partial charge in [-0.3, -0.25) is 4.79 Å². The summed E-state index contributed by atoms with van der Waals surface area (Å²) in [5, 5.41) is 11.3. The van der Waals surface area contributed by atoms with Gasteiger partial charge in [0.05, 0.1) is 11.2 Å². The number of nitrogens with one attached hydrogen (secondary N) is 1. The predicted molar refractivity (Wildman–Crippen MR) is 130 cm³/mol. The first-order chi connectivity index (χ1) is 16.0. The zero-order valence-electron chi connectivity index (χ0n) is 18.3. The number of aromatic nitrogens is 2. The lowest BCUT2D eigenvalue weighted by Gasteiger charge is -2.10. The number of Topliss-reactive ketones (excluding diaryl/α,β-unsaturated/α-hetero) is 1. The van der Waals surface area contributed by atoms with Crippen molar-refractivity contribution in [2.75, 3.05) is 5.32 Å². The molecule has 0 atom stereocenters. The number of benzene rings is 2. The first-order valence-corrected chi connectivity index (χ1v) is 11.6. The standard InChI is InChI=1S/C26H22FN3O2S/c1-15-23(16(2)32-30-15)14-20(31)8-6-17-7-9-21-24(12-17)29-26(22-10-11-33-25(21)22)28-19-5-3-4-18(27)13-19/h3-5,7,9-13H,6,8,14H2,1-2H3,(H,28,29). The molecule has 2 aromatic carbocycles. The molecule has 0 radical (unpaired) electrons. The van der Waals surface area contributed by atoms with Crippen molar-refractivity contribution >= 4 is 49.6 Å². The van der Waals surface area contributed by atoms with E-state index in [0.29, 0.717) is 36.5 Å². The van der Waals surface area contributed by atoms with Crippen molar-refractivity contribution in [3.8, 4) is 0 Å². The number of hydrogen-bond acceptors (Lipinski definition) is 6. The van der Waals surface area contributed by atoms with E-state index in [9.17, 15) is 9.18 Å². The Morgan fingerprint density at radius 3 is 2.79 bits per heavy atom. The van der Waals surface area contributed by atoms with Gasteiger partial charge in [-0.25, -0.2) is 9.37 Å². The van der Waals surface area contributed by atoms with Crippen LogP contribution < -0.4 is 5.32 Å². The number of ketones is 1. The van der Waals surface area contributed by atoms with Gasteiger partial charge in [0.25, 0.3) is 0 Å². The van der Waals surface area contributed by atoms with E-state index in [0.717, 1.165) is 37.8 Å². The van der Waals surface area contributed by atoms with Crippen LogP contribution in [-0.2, 0) is 17.6 Å². The molecule has 0 amide bonds. The molecule has 166 valence electrons. The quantitative estimate of drug-likeness (QED) is 0.294. The third-order valence-corrected chi connectivity index (χ3v) is 6.74. The minimum atomic E-state index is -0.300. The molecular weight excluding hydrogens is 437 g/mol. The van der Waals surface area contributed by atoms with Crippen LogP contribution in [0.3, 0.4) is 0 Å². The number of nitrogens with zero attached hydrogens (tertiary/aromatic N) is 2. The van der Waals surface area contributed by atoms with Gasteiger partial charge in [0, 0.05) is 39.6 Å². The molecule has 5 nitrogen and oxygen atoms in total. The second-order valence-electron chi connectivity index (χ2n) is 8.13. The van der Waals surface area contributed by atoms with E-state index in [4.69, 9.17) is 9.51 Å². The van der Waals surface area contributed by atoms with Gasteiger partial charge in [0.2, 0.25) is 0 Å². The summed E-state index contributed by atoms with van der Waals surface area (Å²) >= 11 is 1.65. The van der Waals surface area contributed by atoms with Crippen molar-refractivity contribution < 1.29 is 13.7 Å². The summed E-state index contributed by atoms with van der Waals surface area (Å²) in [4.78, 5) is 17.4. The fourth-order valence-electron chi connectivity index (χ4n) is 4.02. The molecule has 3 heterocycles. The summed E-state index contributed by atoms with van der Waals surface area (Å²) in [5.41, 5.74) is 4.20. The van der Waals surface area contributed by atoms with Crippen LogP contribution in [0.25, 0.3) is 21.0 Å². The Labute approximate surface area is 194 Å². The van der Waals surface area contributed by atoms with Crippen LogP contribution in [0.5, 0.6) is 0 Å². The number of anilines is 2. The summed E-state index contributed by atoms with van der Waals surface area (Å²) in [6.07, 6.45) is 1.41. The zero-order valence-corrected chi connectivity index (χ0v) is 19.1. The van der Waals surface area contributed by atoms with Gasteiger partial charge in [-0.1, -0.05) is 23.4 Å². The van der Waals surface area contributed by atoms with Crippen LogP contribution in [0.1, 0.15) is 29.0 Å². The molecule has 0 saturated carbocycles. The van der Waals surface area contributed by atoms with Crippen molar-refractivity contribution in [1.29, 1.82) is 0 Å². The van der Waals surface area contributed by atoms with Crippen molar-refractivity contribution in [2.24, 2.45) is 0 Å². The summed E-state index contributed by atoms with van der Waals surface area (Å²) in [6.45, 7) is 3.69. The number of rotatable bonds is 7. The highest BCUT2D eigenvalue weighted by atomic mass is 32.1. The van der Waals surface area contributed by atoms with Crippen LogP contribution in [0.15, 0.2) is 58.4 Å². The Kier molecular flexibility index (Phi) is 5.64. The molecular formula is C26H22FN3O2S. The first kappa shape index (κ1) is 21.3. The van der Waals surface area contributed by atoms with Crippen LogP contribution in [0.2, 0.25) is 0 Å². The Bertz CT molecular complexity index is 1470. The summed E-state index contributed by atoms with van der Waals surface area (Å²) in [7, 11) is 0. The molecule has 5 aromatic rings. The van der Waals surface area contributed by atoms with Crippen LogP contribution in [-0.4, -0.2) is 15.9 Å². The lowest BCUT2D eigenvalue weighted by atomic mass is 10.0. The van der Waals surface area contributed by atoms with Gasteiger partial charge in [-0.2, -0.15) is 0 Å². The molecule has 0 fully saturated rings. The topological polar surface area (TPSA) is 68.0 Å². The molecule has 5 rings (SSSR count). The summed E-state index contributed by atoms with van der Waals surface area (Å²) in [5.74, 6) is 1.25. The predicted octanol–water partition coefficient (Wildman–Crippen LogP) is 6.68. The highest BCUT2D eigenvalue weighted by Crippen LogP contribution is 2.35. The maximum absolute atomic E-state index is 13.6. The molecule has 0 bridgehead atoms. The molecule has 0 aliphatic heterocycles. The highest BCUT2D eigenvalue weighted by molar-refractivity contribution is 7.18. The SMILES string of the molecule is Cc1noc(C)c1CC(=O)CCc1ccc2c(c1)nc(Nc1cccc(F)c1)c1ccsc12. The molecule has 0 aliphatic rings. The van der Waals surface area contributed by atoms with Gasteiger partial charge in [-0.15, -0.1) is 11.3 Å². The van der Waals surface area contributed by atoms with E-state index in [1.165, 1.54) is 12.1 Å². The second kappa shape index (κ2) is 8.75. The van der Waals surface area contributed by atoms with Crippen LogP contribution in [0.4, 0.5) is 15.9 Å². The van der Waals surface area contributed by atoms with Gasteiger partial charge < -0.3 is 9.84 Å². The molecule has 3 aromatic heterocycles. The second-order valence-corrected chi connectivity index (χ2v) is 9.04. The molecule has 0 aliphatic carbocycles. The van der Waals surface area contributed by atoms with E-state index in [2.05, 4.69) is 22.6 Å². The number of hydrogen-bond donors (Lipinski definition) is 1. The number of pyridine rings is 1. The van der Waals surface area contributed by atoms with E-state index in [1.807, 2.05) is 37.4 Å². The van der Waals surface area contributed by atoms with Crippen molar-refractivity contribution in [2.45, 2.75) is 33.1 Å². The largest absolute Gasteiger partial charge is 0.361 e. The van der Waals surface area contributed by atoms with Gasteiger partial charge in [-0.05, 0) is 61.5 Å². The zero-order chi connectivity index (χ0) is 22.9. The smallest absolute Gasteiger partial charge is 0.139 e. The normalized spacial score (nSPS) is 11.4. The minimum Gasteiger partial charge on any atom is -0.361 e. The van der Waals surface area contributed by atoms with Crippen molar-refractivity contribution in [3.05, 3.63) is 82.3 Å². The minimum absolute atomic E-state index is 0.152. The third-order valence-electron chi connectivity index (χ3n) is 5.79. The maximum atomic E-state index is 13.6. The van der Waals surface area contributed by atoms with E-state index in [1.54, 1.807) is 17.4 Å². The lowest BCUT2D eigenvalue weighted by molar-refractivity contribution is -0.118. The number of aryl methyl sites for hydroxylation is 3.